The molecule has 2 nitrogen and oxygen atoms in total. The van der Waals surface area contributed by atoms with Crippen LogP contribution in [0.4, 0.5) is 4.39 Å². The number of halogens is 1. The summed E-state index contributed by atoms with van der Waals surface area (Å²) in [6, 6.07) is 5.64. The molecule has 0 aliphatic carbocycles. The van der Waals surface area contributed by atoms with Crippen LogP contribution in [0.2, 0.25) is 0 Å². The van der Waals surface area contributed by atoms with Gasteiger partial charge in [0, 0.05) is 24.7 Å². The molecule has 2 unspecified atom stereocenters. The minimum absolute atomic E-state index is 0.0605. The van der Waals surface area contributed by atoms with E-state index in [4.69, 9.17) is 5.73 Å². The first-order valence-corrected chi connectivity index (χ1v) is 7.81. The molecule has 2 atom stereocenters. The topological polar surface area (TPSA) is 29.3 Å². The molecule has 0 saturated carbocycles. The van der Waals surface area contributed by atoms with Gasteiger partial charge in [-0.15, -0.1) is 0 Å². The van der Waals surface area contributed by atoms with E-state index >= 15 is 0 Å². The summed E-state index contributed by atoms with van der Waals surface area (Å²) in [4.78, 5) is 2.62. The average molecular weight is 276 g/mol. The fraction of sp³-hybridized carbons (Fsp3) is 0.647. The van der Waals surface area contributed by atoms with Crippen molar-refractivity contribution in [2.75, 3.05) is 0 Å². The molecule has 110 valence electrons. The summed E-state index contributed by atoms with van der Waals surface area (Å²) in [6.45, 7) is 4.67. The van der Waals surface area contributed by atoms with Gasteiger partial charge in [0.05, 0.1) is 0 Å². The van der Waals surface area contributed by atoms with E-state index in [0.29, 0.717) is 18.1 Å². The first-order valence-electron chi connectivity index (χ1n) is 7.81. The molecule has 2 bridgehead atoms. The first-order chi connectivity index (χ1) is 9.54. The summed E-state index contributed by atoms with van der Waals surface area (Å²) in [5.74, 6) is -0.0605. The van der Waals surface area contributed by atoms with Crippen LogP contribution in [0.3, 0.4) is 0 Å². The van der Waals surface area contributed by atoms with E-state index in [0.717, 1.165) is 30.5 Å². The van der Waals surface area contributed by atoms with Crippen molar-refractivity contribution >= 4 is 0 Å². The molecule has 2 saturated heterocycles. The number of fused-ring (bicyclic) bond motifs is 2. The Kier molecular flexibility index (Phi) is 3.83. The van der Waals surface area contributed by atoms with E-state index in [9.17, 15) is 4.39 Å². The highest BCUT2D eigenvalue weighted by atomic mass is 19.1. The highest BCUT2D eigenvalue weighted by Crippen LogP contribution is 2.34. The lowest BCUT2D eigenvalue weighted by molar-refractivity contribution is 0.0244. The van der Waals surface area contributed by atoms with Crippen LogP contribution in [-0.4, -0.2) is 23.0 Å². The van der Waals surface area contributed by atoms with E-state index in [-0.39, 0.29) is 5.82 Å². The second-order valence-corrected chi connectivity index (χ2v) is 6.69. The number of hydrogen-bond acceptors (Lipinski definition) is 2. The van der Waals surface area contributed by atoms with Gasteiger partial charge in [0.1, 0.15) is 5.82 Å². The summed E-state index contributed by atoms with van der Waals surface area (Å²) < 4.78 is 13.7. The van der Waals surface area contributed by atoms with Crippen LogP contribution in [0.25, 0.3) is 0 Å². The van der Waals surface area contributed by atoms with Crippen molar-refractivity contribution in [2.45, 2.75) is 70.6 Å². The number of hydrogen-bond donors (Lipinski definition) is 1. The predicted octanol–water partition coefficient (Wildman–Crippen LogP) is 3.29. The largest absolute Gasteiger partial charge is 0.328 e. The fourth-order valence-electron chi connectivity index (χ4n) is 4.12. The molecule has 2 N–H and O–H groups in total. The lowest BCUT2D eigenvalue weighted by Crippen LogP contribution is -2.54. The second kappa shape index (κ2) is 5.45. The molecule has 2 fully saturated rings. The van der Waals surface area contributed by atoms with Gasteiger partial charge in [-0.1, -0.05) is 18.6 Å². The van der Waals surface area contributed by atoms with Gasteiger partial charge in [0.15, 0.2) is 0 Å². The molecular formula is C17H25FN2. The molecule has 20 heavy (non-hydrogen) atoms. The molecule has 2 heterocycles. The van der Waals surface area contributed by atoms with Gasteiger partial charge in [-0.3, -0.25) is 4.90 Å². The molecule has 0 radical (unpaired) electrons. The number of nitrogens with zero attached hydrogens (tertiary/aromatic N) is 1. The zero-order valence-electron chi connectivity index (χ0n) is 12.5. The monoisotopic (exact) mass is 276 g/mol. The Labute approximate surface area is 121 Å². The molecule has 1 aromatic carbocycles. The summed E-state index contributed by atoms with van der Waals surface area (Å²) in [5.41, 5.74) is 8.94. The number of rotatable bonds is 2. The minimum atomic E-state index is -0.0605. The number of nitrogens with two attached hydrogens (primary N) is 1. The molecule has 3 rings (SSSR count). The predicted molar refractivity (Wildman–Crippen MR) is 80.1 cm³/mol. The lowest BCUT2D eigenvalue weighted by Gasteiger charge is -2.48. The summed E-state index contributed by atoms with van der Waals surface area (Å²) in [7, 11) is 0. The fourth-order valence-corrected chi connectivity index (χ4v) is 4.12. The van der Waals surface area contributed by atoms with Crippen LogP contribution in [0.15, 0.2) is 12.1 Å². The Morgan fingerprint density at radius 1 is 1.15 bits per heavy atom. The van der Waals surface area contributed by atoms with Crippen LogP contribution < -0.4 is 5.73 Å². The maximum atomic E-state index is 13.7. The lowest BCUT2D eigenvalue weighted by atomic mass is 9.82. The summed E-state index contributed by atoms with van der Waals surface area (Å²) in [5, 5.41) is 0. The third-order valence-electron chi connectivity index (χ3n) is 5.02. The highest BCUT2D eigenvalue weighted by Gasteiger charge is 2.36. The molecule has 2 aliphatic rings. The van der Waals surface area contributed by atoms with Crippen LogP contribution in [0.1, 0.15) is 48.8 Å². The zero-order chi connectivity index (χ0) is 14.3. The maximum absolute atomic E-state index is 13.7. The Hall–Kier alpha value is -0.930. The van der Waals surface area contributed by atoms with Gasteiger partial charge in [-0.05, 0) is 56.2 Å². The second-order valence-electron chi connectivity index (χ2n) is 6.69. The Bertz CT molecular complexity index is 463. The number of aryl methyl sites for hydroxylation is 2. The summed E-state index contributed by atoms with van der Waals surface area (Å²) >= 11 is 0. The van der Waals surface area contributed by atoms with E-state index in [1.807, 2.05) is 26.0 Å². The van der Waals surface area contributed by atoms with Crippen molar-refractivity contribution in [3.63, 3.8) is 0 Å². The van der Waals surface area contributed by atoms with E-state index in [1.165, 1.54) is 24.8 Å². The standard InChI is InChI=1S/C17H25FN2/c1-11-6-13(7-12(2)17(11)18)10-20-15-4-3-5-16(20)9-14(19)8-15/h6-7,14-16H,3-5,8-10,19H2,1-2H3. The van der Waals surface area contributed by atoms with Crippen molar-refractivity contribution in [2.24, 2.45) is 5.73 Å². The van der Waals surface area contributed by atoms with Crippen molar-refractivity contribution in [1.29, 1.82) is 0 Å². The normalized spacial score (nSPS) is 30.5. The Balaban J connectivity index is 1.80. The van der Waals surface area contributed by atoms with Gasteiger partial charge in [0.25, 0.3) is 0 Å². The molecule has 0 amide bonds. The SMILES string of the molecule is Cc1cc(CN2C3CCCC2CC(N)C3)cc(C)c1F. The van der Waals surface area contributed by atoms with Gasteiger partial charge in [0.2, 0.25) is 0 Å². The maximum Gasteiger partial charge on any atom is 0.129 e. The zero-order valence-corrected chi connectivity index (χ0v) is 12.5. The third kappa shape index (κ3) is 2.61. The molecule has 2 aliphatic heterocycles. The van der Waals surface area contributed by atoms with Gasteiger partial charge >= 0.3 is 0 Å². The van der Waals surface area contributed by atoms with Gasteiger partial charge in [-0.25, -0.2) is 4.39 Å². The molecule has 0 spiro atoms. The third-order valence-corrected chi connectivity index (χ3v) is 5.02. The minimum Gasteiger partial charge on any atom is -0.328 e. The highest BCUT2D eigenvalue weighted by molar-refractivity contribution is 5.30. The van der Waals surface area contributed by atoms with Crippen LogP contribution in [0, 0.1) is 19.7 Å². The first kappa shape index (κ1) is 14.0. The number of piperidine rings is 2. The Morgan fingerprint density at radius 2 is 1.70 bits per heavy atom. The van der Waals surface area contributed by atoms with Crippen LogP contribution >= 0.6 is 0 Å². The van der Waals surface area contributed by atoms with E-state index in [1.54, 1.807) is 0 Å². The number of benzene rings is 1. The van der Waals surface area contributed by atoms with Crippen LogP contribution in [-0.2, 0) is 6.54 Å². The molecule has 1 aromatic rings. The van der Waals surface area contributed by atoms with Crippen molar-refractivity contribution < 1.29 is 4.39 Å². The van der Waals surface area contributed by atoms with Crippen molar-refractivity contribution in [3.8, 4) is 0 Å². The van der Waals surface area contributed by atoms with Crippen molar-refractivity contribution in [1.82, 2.24) is 4.90 Å². The molecular weight excluding hydrogens is 251 g/mol. The van der Waals surface area contributed by atoms with E-state index in [2.05, 4.69) is 4.90 Å². The molecule has 0 aromatic heterocycles. The van der Waals surface area contributed by atoms with Gasteiger partial charge < -0.3 is 5.73 Å². The van der Waals surface area contributed by atoms with E-state index < -0.39 is 0 Å². The van der Waals surface area contributed by atoms with Gasteiger partial charge in [-0.2, -0.15) is 0 Å². The smallest absolute Gasteiger partial charge is 0.129 e. The summed E-state index contributed by atoms with van der Waals surface area (Å²) in [6.07, 6.45) is 6.11. The van der Waals surface area contributed by atoms with Crippen LogP contribution in [0.5, 0.6) is 0 Å². The average Bonchev–Trinajstić information content (AvgIpc) is 2.37. The van der Waals surface area contributed by atoms with Crippen molar-refractivity contribution in [3.05, 3.63) is 34.6 Å². The molecule has 3 heteroatoms. The Morgan fingerprint density at radius 3 is 2.25 bits per heavy atom. The quantitative estimate of drug-likeness (QED) is 0.898.